The van der Waals surface area contributed by atoms with Crippen LogP contribution >= 0.6 is 0 Å². The fourth-order valence-electron chi connectivity index (χ4n) is 11.2. The molecule has 0 fully saturated rings. The molecule has 10 rings (SSSR count). The SMILES string of the molecule is CC(C)c1cccc(C(C)C)c1-c1cc(Oc2cc(C(C)(C)C)c3c4ccccc4n(-c4cc(C(C)(C)C)ccn4)c3c2)cc(N2CN(c3cc(C(C)(C)C)cc(C(C)(C)c4ccccc4)c3)C=C2c2ccccc2)c1. The van der Waals surface area contributed by atoms with Crippen LogP contribution in [0.3, 0.4) is 0 Å². The van der Waals surface area contributed by atoms with Crippen LogP contribution in [0.15, 0.2) is 176 Å². The molecule has 0 saturated heterocycles. The van der Waals surface area contributed by atoms with Crippen molar-refractivity contribution in [2.24, 2.45) is 0 Å². The number of anilines is 2. The number of aromatic nitrogens is 2. The number of fused-ring (bicyclic) bond motifs is 3. The molecule has 0 saturated carbocycles. The van der Waals surface area contributed by atoms with Crippen LogP contribution in [0, 0.1) is 0 Å². The van der Waals surface area contributed by atoms with E-state index in [4.69, 9.17) is 9.72 Å². The molecule has 76 heavy (non-hydrogen) atoms. The average Bonchev–Trinajstić information content (AvgIpc) is 3.98. The summed E-state index contributed by atoms with van der Waals surface area (Å²) in [5.41, 5.74) is 17.6. The number of nitrogens with zero attached hydrogens (tertiary/aromatic N) is 4. The van der Waals surface area contributed by atoms with Gasteiger partial charge in [0, 0.05) is 52.1 Å². The summed E-state index contributed by atoms with van der Waals surface area (Å²) >= 11 is 0. The van der Waals surface area contributed by atoms with Crippen molar-refractivity contribution in [3.05, 3.63) is 221 Å². The molecule has 0 radical (unpaired) electrons. The van der Waals surface area contributed by atoms with Crippen molar-refractivity contribution in [2.75, 3.05) is 16.5 Å². The van der Waals surface area contributed by atoms with E-state index in [1.807, 2.05) is 6.20 Å². The van der Waals surface area contributed by atoms with Crippen LogP contribution < -0.4 is 14.5 Å². The number of hydrogen-bond donors (Lipinski definition) is 0. The molecule has 2 aromatic heterocycles. The number of benzene rings is 7. The zero-order valence-corrected chi connectivity index (χ0v) is 47.8. The second-order valence-corrected chi connectivity index (χ2v) is 25.5. The number of para-hydroxylation sites is 1. The van der Waals surface area contributed by atoms with E-state index in [0.29, 0.717) is 18.5 Å². The predicted molar refractivity (Wildman–Crippen MR) is 324 cm³/mol. The Morgan fingerprint density at radius 3 is 1.75 bits per heavy atom. The third kappa shape index (κ3) is 9.97. The molecule has 3 heterocycles. The van der Waals surface area contributed by atoms with Crippen molar-refractivity contribution in [1.29, 1.82) is 0 Å². The minimum absolute atomic E-state index is 0.0474. The Morgan fingerprint density at radius 1 is 0.487 bits per heavy atom. The minimum atomic E-state index is -0.224. The van der Waals surface area contributed by atoms with Crippen LogP contribution in [0.5, 0.6) is 11.5 Å². The minimum Gasteiger partial charge on any atom is -0.457 e. The van der Waals surface area contributed by atoms with Crippen LogP contribution in [0.1, 0.15) is 160 Å². The van der Waals surface area contributed by atoms with Gasteiger partial charge in [-0.1, -0.05) is 207 Å². The van der Waals surface area contributed by atoms with E-state index in [1.54, 1.807) is 0 Å². The molecule has 1 aliphatic heterocycles. The summed E-state index contributed by atoms with van der Waals surface area (Å²) in [5, 5.41) is 2.43. The molecule has 0 unspecified atom stereocenters. The molecule has 7 aromatic carbocycles. The van der Waals surface area contributed by atoms with Crippen molar-refractivity contribution in [2.45, 2.75) is 137 Å². The van der Waals surface area contributed by atoms with Gasteiger partial charge >= 0.3 is 0 Å². The fraction of sp³-hybridized carbons (Fsp3) is 0.310. The van der Waals surface area contributed by atoms with E-state index in [0.717, 1.165) is 50.9 Å². The summed E-state index contributed by atoms with van der Waals surface area (Å²) < 4.78 is 9.80. The van der Waals surface area contributed by atoms with Gasteiger partial charge in [0.1, 0.15) is 17.3 Å². The number of rotatable bonds is 11. The molecule has 1 aliphatic rings. The van der Waals surface area contributed by atoms with Gasteiger partial charge in [-0.2, -0.15) is 0 Å². The predicted octanol–water partition coefficient (Wildman–Crippen LogP) is 19.4. The van der Waals surface area contributed by atoms with Crippen molar-refractivity contribution >= 4 is 38.9 Å². The van der Waals surface area contributed by atoms with Crippen molar-refractivity contribution in [3.63, 3.8) is 0 Å². The van der Waals surface area contributed by atoms with Gasteiger partial charge in [0.05, 0.1) is 23.4 Å². The van der Waals surface area contributed by atoms with Gasteiger partial charge in [-0.3, -0.25) is 4.57 Å². The van der Waals surface area contributed by atoms with Crippen LogP contribution in [0.2, 0.25) is 0 Å². The maximum absolute atomic E-state index is 7.46. The van der Waals surface area contributed by atoms with E-state index in [2.05, 4.69) is 288 Å². The van der Waals surface area contributed by atoms with Gasteiger partial charge < -0.3 is 14.5 Å². The topological polar surface area (TPSA) is 33.5 Å². The third-order valence-corrected chi connectivity index (χ3v) is 15.8. The maximum Gasteiger partial charge on any atom is 0.137 e. The largest absolute Gasteiger partial charge is 0.457 e. The average molecular weight is 1000 g/mol. The Kier molecular flexibility index (Phi) is 13.5. The zero-order valence-electron chi connectivity index (χ0n) is 47.8. The molecule has 5 nitrogen and oxygen atoms in total. The van der Waals surface area contributed by atoms with E-state index in [9.17, 15) is 0 Å². The molecule has 0 amide bonds. The normalized spacial score (nSPS) is 13.7. The molecule has 0 atom stereocenters. The van der Waals surface area contributed by atoms with Crippen molar-refractivity contribution < 1.29 is 4.74 Å². The van der Waals surface area contributed by atoms with Crippen LogP contribution in [-0.4, -0.2) is 16.2 Å². The van der Waals surface area contributed by atoms with Crippen molar-refractivity contribution in [1.82, 2.24) is 9.55 Å². The van der Waals surface area contributed by atoms with Crippen LogP contribution in [-0.2, 0) is 21.7 Å². The Bertz CT molecular complexity index is 3600. The lowest BCUT2D eigenvalue weighted by Gasteiger charge is -2.31. The molecular weight excluding hydrogens is 925 g/mol. The van der Waals surface area contributed by atoms with Gasteiger partial charge in [0.25, 0.3) is 0 Å². The van der Waals surface area contributed by atoms with Gasteiger partial charge in [0.15, 0.2) is 0 Å². The summed E-state index contributed by atoms with van der Waals surface area (Å²) in [5.74, 6) is 3.07. The first-order valence-corrected chi connectivity index (χ1v) is 27.5. The highest BCUT2D eigenvalue weighted by Crippen LogP contribution is 2.47. The summed E-state index contributed by atoms with van der Waals surface area (Å²) in [6, 6.07) is 60.6. The first-order chi connectivity index (χ1) is 36.0. The quantitative estimate of drug-likeness (QED) is 0.129. The third-order valence-electron chi connectivity index (χ3n) is 15.8. The summed E-state index contributed by atoms with van der Waals surface area (Å²) in [7, 11) is 0. The Balaban J connectivity index is 1.18. The van der Waals surface area contributed by atoms with Crippen LogP contribution in [0.25, 0.3) is 44.4 Å². The zero-order chi connectivity index (χ0) is 54.1. The fourth-order valence-corrected chi connectivity index (χ4v) is 11.2. The molecular formula is C71H78N4O. The highest BCUT2D eigenvalue weighted by atomic mass is 16.5. The van der Waals surface area contributed by atoms with E-state index < -0.39 is 0 Å². The van der Waals surface area contributed by atoms with E-state index in [1.165, 1.54) is 61.0 Å². The smallest absolute Gasteiger partial charge is 0.137 e. The number of pyridine rings is 1. The molecule has 0 N–H and O–H groups in total. The molecule has 5 heteroatoms. The van der Waals surface area contributed by atoms with Crippen molar-refractivity contribution in [3.8, 4) is 28.4 Å². The Morgan fingerprint density at radius 2 is 1.11 bits per heavy atom. The summed E-state index contributed by atoms with van der Waals surface area (Å²) in [4.78, 5) is 9.99. The Hall–Kier alpha value is -7.37. The standard InChI is InChI=1S/C71H78N4O/c1-46(2)58-30-24-31-59(47(3)4)66(58)49-35-55(74-45-73(44-64(74)48-25-18-16-19-26-48)54-38-52(69(8,9)10)37-53(39-54)71(14,15)50-27-20-17-21-28-50)41-56(36-49)76-57-42-61(70(11,12)13)67-60-29-22-23-32-62(60)75(63(67)43-57)65-40-51(33-34-72-65)68(5,6)7/h16-44,46-47H,45H2,1-15H3. The lowest BCUT2D eigenvalue weighted by atomic mass is 9.75. The molecule has 0 spiro atoms. The summed E-state index contributed by atoms with van der Waals surface area (Å²) in [6.07, 6.45) is 4.31. The first kappa shape index (κ1) is 52.1. The van der Waals surface area contributed by atoms with E-state index >= 15 is 0 Å². The number of ether oxygens (including phenoxy) is 1. The van der Waals surface area contributed by atoms with Gasteiger partial charge in [-0.25, -0.2) is 4.98 Å². The summed E-state index contributed by atoms with van der Waals surface area (Å²) in [6.45, 7) is 35.3. The second kappa shape index (κ2) is 19.6. The van der Waals surface area contributed by atoms with Gasteiger partial charge in [-0.05, 0) is 132 Å². The monoisotopic (exact) mass is 1000 g/mol. The maximum atomic E-state index is 7.46. The molecule has 9 aromatic rings. The highest BCUT2D eigenvalue weighted by Gasteiger charge is 2.32. The first-order valence-electron chi connectivity index (χ1n) is 27.5. The second-order valence-electron chi connectivity index (χ2n) is 25.5. The molecule has 0 bridgehead atoms. The van der Waals surface area contributed by atoms with Gasteiger partial charge in [0.2, 0.25) is 0 Å². The molecule has 0 aliphatic carbocycles. The lowest BCUT2D eigenvalue weighted by molar-refractivity contribution is 0.480. The molecule has 388 valence electrons. The van der Waals surface area contributed by atoms with Gasteiger partial charge in [-0.15, -0.1) is 0 Å². The van der Waals surface area contributed by atoms with E-state index in [-0.39, 0.29) is 21.7 Å². The van der Waals surface area contributed by atoms with Crippen LogP contribution in [0.4, 0.5) is 11.4 Å². The number of hydrogen-bond acceptors (Lipinski definition) is 4. The highest BCUT2D eigenvalue weighted by molar-refractivity contribution is 6.11. The Labute approximate surface area is 453 Å². The lowest BCUT2D eigenvalue weighted by Crippen LogP contribution is -2.27.